The van der Waals surface area contributed by atoms with Crippen LogP contribution in [0, 0.1) is 0 Å². The van der Waals surface area contributed by atoms with E-state index in [1.807, 2.05) is 30.3 Å². The number of carbonyl (C=O) groups excluding carboxylic acids is 2. The number of aromatic nitrogens is 2. The Morgan fingerprint density at radius 3 is 2.38 bits per heavy atom. The van der Waals surface area contributed by atoms with E-state index in [0.717, 1.165) is 5.56 Å². The van der Waals surface area contributed by atoms with Crippen LogP contribution in [0.25, 0.3) is 10.8 Å². The third kappa shape index (κ3) is 3.61. The first-order valence-electron chi connectivity index (χ1n) is 8.01. The first-order valence-corrected chi connectivity index (χ1v) is 8.01. The number of amides is 1. The van der Waals surface area contributed by atoms with Crippen molar-refractivity contribution in [3.8, 4) is 0 Å². The molecule has 0 aliphatic heterocycles. The summed E-state index contributed by atoms with van der Waals surface area (Å²) < 4.78 is 6.24. The van der Waals surface area contributed by atoms with Gasteiger partial charge in [0.05, 0.1) is 11.9 Å². The van der Waals surface area contributed by atoms with Crippen LogP contribution in [0.2, 0.25) is 0 Å². The van der Waals surface area contributed by atoms with Crippen LogP contribution in [0.1, 0.15) is 16.1 Å². The zero-order valence-electron chi connectivity index (χ0n) is 14.1. The van der Waals surface area contributed by atoms with Gasteiger partial charge in [-0.3, -0.25) is 9.59 Å². The molecule has 26 heavy (non-hydrogen) atoms. The number of carbonyl (C=O) groups is 2. The molecule has 0 bridgehead atoms. The minimum atomic E-state index is -0.758. The van der Waals surface area contributed by atoms with Crippen LogP contribution in [0.5, 0.6) is 0 Å². The fraction of sp³-hybridized carbons (Fsp3) is 0.158. The normalized spacial score (nSPS) is 10.5. The molecule has 2 aromatic carbocycles. The van der Waals surface area contributed by atoms with Gasteiger partial charge in [0.1, 0.15) is 0 Å². The Morgan fingerprint density at radius 1 is 1.04 bits per heavy atom. The van der Waals surface area contributed by atoms with Crippen molar-refractivity contribution in [1.29, 1.82) is 0 Å². The van der Waals surface area contributed by atoms with Crippen molar-refractivity contribution in [2.75, 3.05) is 13.7 Å². The quantitative estimate of drug-likeness (QED) is 0.701. The Bertz CT molecular complexity index is 1010. The topological polar surface area (TPSA) is 90.3 Å². The van der Waals surface area contributed by atoms with Crippen LogP contribution in [0.3, 0.4) is 0 Å². The molecule has 132 valence electrons. The van der Waals surface area contributed by atoms with E-state index in [1.54, 1.807) is 24.3 Å². The summed E-state index contributed by atoms with van der Waals surface area (Å²) in [5.74, 6) is -1.19. The fourth-order valence-electron chi connectivity index (χ4n) is 2.52. The molecular weight excluding hydrogens is 334 g/mol. The lowest BCUT2D eigenvalue weighted by Gasteiger charge is -2.11. The van der Waals surface area contributed by atoms with Crippen molar-refractivity contribution in [3.63, 3.8) is 0 Å². The van der Waals surface area contributed by atoms with Gasteiger partial charge in [0.15, 0.2) is 12.3 Å². The maximum Gasteiger partial charge on any atom is 0.359 e. The van der Waals surface area contributed by atoms with Crippen LogP contribution in [-0.2, 0) is 16.1 Å². The highest BCUT2D eigenvalue weighted by molar-refractivity contribution is 6.02. The molecule has 0 aliphatic rings. The Balaban J connectivity index is 2.04. The molecule has 1 aromatic heterocycles. The first-order chi connectivity index (χ1) is 12.6. The lowest BCUT2D eigenvalue weighted by atomic mass is 10.1. The summed E-state index contributed by atoms with van der Waals surface area (Å²) in [7, 11) is 1.45. The first kappa shape index (κ1) is 17.3. The smallest absolute Gasteiger partial charge is 0.359 e. The highest BCUT2D eigenvalue weighted by atomic mass is 16.5. The summed E-state index contributed by atoms with van der Waals surface area (Å²) in [6.07, 6.45) is 0. The molecule has 0 saturated heterocycles. The third-order valence-electron chi connectivity index (χ3n) is 3.85. The van der Waals surface area contributed by atoms with E-state index in [2.05, 4.69) is 10.4 Å². The molecule has 7 nitrogen and oxygen atoms in total. The van der Waals surface area contributed by atoms with Crippen LogP contribution in [0.4, 0.5) is 0 Å². The van der Waals surface area contributed by atoms with Gasteiger partial charge in [-0.15, -0.1) is 0 Å². The average Bonchev–Trinajstić information content (AvgIpc) is 2.68. The number of rotatable bonds is 5. The lowest BCUT2D eigenvalue weighted by Crippen LogP contribution is -2.29. The summed E-state index contributed by atoms with van der Waals surface area (Å²) in [4.78, 5) is 36.4. The van der Waals surface area contributed by atoms with Crippen LogP contribution in [-0.4, -0.2) is 35.3 Å². The van der Waals surface area contributed by atoms with Crippen LogP contribution < -0.4 is 10.9 Å². The van der Waals surface area contributed by atoms with Gasteiger partial charge in [-0.2, -0.15) is 5.10 Å². The van der Waals surface area contributed by atoms with Gasteiger partial charge in [-0.1, -0.05) is 48.5 Å². The number of esters is 1. The minimum absolute atomic E-state index is 0.0000317. The Kier molecular flexibility index (Phi) is 5.07. The van der Waals surface area contributed by atoms with Crippen molar-refractivity contribution < 1.29 is 14.3 Å². The van der Waals surface area contributed by atoms with Gasteiger partial charge in [-0.05, 0) is 11.6 Å². The Labute approximate surface area is 149 Å². The average molecular weight is 351 g/mol. The molecule has 1 heterocycles. The zero-order chi connectivity index (χ0) is 18.5. The molecule has 0 saturated carbocycles. The van der Waals surface area contributed by atoms with E-state index in [1.165, 1.54) is 11.7 Å². The molecule has 3 aromatic rings. The van der Waals surface area contributed by atoms with Gasteiger partial charge >= 0.3 is 5.97 Å². The molecule has 0 radical (unpaired) electrons. The van der Waals surface area contributed by atoms with Gasteiger partial charge in [0, 0.05) is 12.4 Å². The van der Waals surface area contributed by atoms with E-state index in [0.29, 0.717) is 10.8 Å². The van der Waals surface area contributed by atoms with Crippen LogP contribution in [0.15, 0.2) is 59.4 Å². The number of nitrogens with one attached hydrogen (secondary N) is 1. The van der Waals surface area contributed by atoms with Crippen molar-refractivity contribution in [3.05, 3.63) is 76.2 Å². The summed E-state index contributed by atoms with van der Waals surface area (Å²) in [6.45, 7) is -0.191. The zero-order valence-corrected chi connectivity index (χ0v) is 14.1. The lowest BCUT2D eigenvalue weighted by molar-refractivity contribution is -0.123. The molecular formula is C19H17N3O4. The van der Waals surface area contributed by atoms with E-state index in [-0.39, 0.29) is 17.8 Å². The molecule has 1 N–H and O–H groups in total. The molecule has 3 rings (SSSR count). The molecule has 0 fully saturated rings. The predicted molar refractivity (Wildman–Crippen MR) is 95.9 cm³/mol. The summed E-state index contributed by atoms with van der Waals surface area (Å²) in [5, 5.41) is 7.33. The van der Waals surface area contributed by atoms with E-state index >= 15 is 0 Å². The van der Waals surface area contributed by atoms with Gasteiger partial charge in [0.25, 0.3) is 11.5 Å². The third-order valence-corrected chi connectivity index (χ3v) is 3.85. The van der Waals surface area contributed by atoms with Crippen molar-refractivity contribution in [1.82, 2.24) is 15.1 Å². The second-order valence-corrected chi connectivity index (χ2v) is 5.59. The molecule has 0 spiro atoms. The molecule has 0 unspecified atom stereocenters. The molecule has 0 aliphatic carbocycles. The van der Waals surface area contributed by atoms with Crippen molar-refractivity contribution >= 4 is 22.6 Å². The number of ether oxygens (including phenoxy) is 1. The summed E-state index contributed by atoms with van der Waals surface area (Å²) >= 11 is 0. The minimum Gasteiger partial charge on any atom is -0.451 e. The maximum atomic E-state index is 12.7. The number of likely N-dealkylation sites (N-methyl/N-ethyl adjacent to an activating group) is 1. The summed E-state index contributed by atoms with van der Waals surface area (Å²) in [5.41, 5.74) is 0.578. The predicted octanol–water partition coefficient (Wildman–Crippen LogP) is 1.35. The fourth-order valence-corrected chi connectivity index (χ4v) is 2.52. The summed E-state index contributed by atoms with van der Waals surface area (Å²) in [6, 6.07) is 16.0. The monoisotopic (exact) mass is 351 g/mol. The SMILES string of the molecule is CNC(=O)COC(=O)c1nn(Cc2ccccc2)c(=O)c2ccccc12. The number of fused-ring (bicyclic) bond motifs is 1. The van der Waals surface area contributed by atoms with Crippen LogP contribution >= 0.6 is 0 Å². The Morgan fingerprint density at radius 2 is 1.69 bits per heavy atom. The number of nitrogens with zero attached hydrogens (tertiary/aromatic N) is 2. The largest absolute Gasteiger partial charge is 0.451 e. The highest BCUT2D eigenvalue weighted by Gasteiger charge is 2.18. The molecule has 1 amide bonds. The number of hydrogen-bond acceptors (Lipinski definition) is 5. The van der Waals surface area contributed by atoms with Crippen molar-refractivity contribution in [2.24, 2.45) is 0 Å². The molecule has 0 atom stereocenters. The number of hydrogen-bond donors (Lipinski definition) is 1. The standard InChI is InChI=1S/C19H17N3O4/c1-20-16(23)12-26-19(25)17-14-9-5-6-10-15(14)18(24)22(21-17)11-13-7-3-2-4-8-13/h2-10H,11-12H2,1H3,(H,20,23). The molecule has 7 heteroatoms. The van der Waals surface area contributed by atoms with E-state index < -0.39 is 18.5 Å². The highest BCUT2D eigenvalue weighted by Crippen LogP contribution is 2.15. The number of benzene rings is 2. The van der Waals surface area contributed by atoms with Gasteiger partial charge < -0.3 is 10.1 Å². The van der Waals surface area contributed by atoms with Crippen molar-refractivity contribution in [2.45, 2.75) is 6.54 Å². The Hall–Kier alpha value is -3.48. The maximum absolute atomic E-state index is 12.7. The second kappa shape index (κ2) is 7.60. The van der Waals surface area contributed by atoms with E-state index in [4.69, 9.17) is 4.74 Å². The van der Waals surface area contributed by atoms with Gasteiger partial charge in [0.2, 0.25) is 0 Å². The van der Waals surface area contributed by atoms with Gasteiger partial charge in [-0.25, -0.2) is 9.48 Å². The van der Waals surface area contributed by atoms with E-state index in [9.17, 15) is 14.4 Å². The second-order valence-electron chi connectivity index (χ2n) is 5.59.